The zero-order valence-electron chi connectivity index (χ0n) is 32.9. The van der Waals surface area contributed by atoms with E-state index in [1.807, 2.05) is 0 Å². The second kappa shape index (κ2) is 10.0. The van der Waals surface area contributed by atoms with Crippen molar-refractivity contribution in [3.05, 3.63) is 144 Å². The number of aromatic nitrogens is 2. The van der Waals surface area contributed by atoms with Crippen molar-refractivity contribution < 1.29 is 0 Å². The lowest BCUT2D eigenvalue weighted by Crippen LogP contribution is -2.61. The van der Waals surface area contributed by atoms with Crippen LogP contribution < -0.4 is 15.7 Å². The Hall–Kier alpha value is -6.00. The van der Waals surface area contributed by atoms with Gasteiger partial charge in [0.25, 0.3) is 0 Å². The van der Waals surface area contributed by atoms with Crippen molar-refractivity contribution in [1.29, 1.82) is 0 Å². The van der Waals surface area contributed by atoms with Crippen LogP contribution in [0.15, 0.2) is 121 Å². The summed E-state index contributed by atoms with van der Waals surface area (Å²) in [6.45, 7) is 14.5. The lowest BCUT2D eigenvalue weighted by Gasteiger charge is -2.46. The number of aryl methyl sites for hydroxylation is 2. The highest BCUT2D eigenvalue weighted by Gasteiger charge is 2.47. The largest absolute Gasteiger partial charge is 0.376 e. The normalized spacial score (nSPS) is 16.5. The summed E-state index contributed by atoms with van der Waals surface area (Å²) in [5.41, 5.74) is 21.7. The van der Waals surface area contributed by atoms with Crippen LogP contribution in [-0.4, -0.2) is 15.8 Å². The van der Waals surface area contributed by atoms with E-state index >= 15 is 0 Å². The predicted octanol–water partition coefficient (Wildman–Crippen LogP) is 12.1. The second-order valence-electron chi connectivity index (χ2n) is 18.5. The molecule has 0 radical (unpaired) electrons. The molecule has 13 rings (SSSR count). The maximum atomic E-state index is 2.82. The van der Waals surface area contributed by atoms with Gasteiger partial charge in [0.05, 0.1) is 27.6 Å². The minimum Gasteiger partial charge on any atom is -0.376 e. The van der Waals surface area contributed by atoms with Crippen molar-refractivity contribution in [2.45, 2.75) is 65.2 Å². The number of anilines is 2. The minimum absolute atomic E-state index is 0.0237. The van der Waals surface area contributed by atoms with Crippen LogP contribution in [0.25, 0.3) is 76.7 Å². The smallest absolute Gasteiger partial charge is 0.333 e. The molecule has 5 heterocycles. The fraction of sp³-hybridized carbons (Fsp3) is 0.192. The van der Waals surface area contributed by atoms with E-state index in [-0.39, 0.29) is 17.7 Å². The molecule has 0 amide bonds. The third kappa shape index (κ3) is 3.59. The molecule has 3 nitrogen and oxygen atoms in total. The van der Waals surface area contributed by atoms with Crippen molar-refractivity contribution in [3.8, 4) is 16.8 Å². The minimum atomic E-state index is -0.0237. The fourth-order valence-electron chi connectivity index (χ4n) is 11.7. The zero-order valence-corrected chi connectivity index (χ0v) is 32.9. The van der Waals surface area contributed by atoms with Gasteiger partial charge in [0, 0.05) is 54.9 Å². The third-order valence-corrected chi connectivity index (χ3v) is 14.4. The molecule has 3 aliphatic rings. The predicted molar refractivity (Wildman–Crippen MR) is 239 cm³/mol. The highest BCUT2D eigenvalue weighted by Crippen LogP contribution is 2.55. The molecule has 10 aromatic rings. The molecule has 0 N–H and O–H groups in total. The number of hydrogen-bond donors (Lipinski definition) is 0. The van der Waals surface area contributed by atoms with E-state index < -0.39 is 0 Å². The van der Waals surface area contributed by atoms with Crippen molar-refractivity contribution >= 4 is 89.0 Å². The van der Waals surface area contributed by atoms with E-state index in [4.69, 9.17) is 0 Å². The van der Waals surface area contributed by atoms with Crippen molar-refractivity contribution in [3.63, 3.8) is 0 Å². The van der Waals surface area contributed by atoms with Crippen LogP contribution >= 0.6 is 0 Å². The molecule has 2 aliphatic heterocycles. The van der Waals surface area contributed by atoms with Crippen LogP contribution in [0.1, 0.15) is 62.8 Å². The molecule has 0 unspecified atom stereocenters. The lowest BCUT2D eigenvalue weighted by molar-refractivity contribution is 0.332. The molecule has 1 aliphatic carbocycles. The van der Waals surface area contributed by atoms with E-state index in [2.05, 4.69) is 177 Å². The van der Waals surface area contributed by atoms with E-state index in [1.165, 1.54) is 134 Å². The van der Waals surface area contributed by atoms with Gasteiger partial charge in [-0.3, -0.25) is 0 Å². The Labute approximate surface area is 327 Å². The molecule has 56 heavy (non-hydrogen) atoms. The summed E-state index contributed by atoms with van der Waals surface area (Å²) in [5.74, 6) is 0. The molecular weight excluding hydrogens is 677 g/mol. The Morgan fingerprint density at radius 3 is 1.91 bits per heavy atom. The zero-order chi connectivity index (χ0) is 37.6. The highest BCUT2D eigenvalue weighted by molar-refractivity contribution is 6.94. The number of hydrogen-bond acceptors (Lipinski definition) is 1. The van der Waals surface area contributed by atoms with Gasteiger partial charge in [-0.1, -0.05) is 113 Å². The number of benzene rings is 7. The monoisotopic (exact) mass is 719 g/mol. The van der Waals surface area contributed by atoms with Crippen LogP contribution in [0.5, 0.6) is 0 Å². The molecule has 0 saturated heterocycles. The Kier molecular flexibility index (Phi) is 5.61. The van der Waals surface area contributed by atoms with Gasteiger partial charge in [-0.05, 0) is 113 Å². The Bertz CT molecular complexity index is 3410. The van der Waals surface area contributed by atoms with Gasteiger partial charge in [0.15, 0.2) is 0 Å². The molecule has 0 saturated carbocycles. The number of para-hydroxylation sites is 4. The number of nitrogens with zero attached hydrogens (tertiary/aromatic N) is 3. The molecule has 0 spiro atoms. The maximum Gasteiger partial charge on any atom is 0.333 e. The first-order chi connectivity index (χ1) is 27.1. The summed E-state index contributed by atoms with van der Waals surface area (Å²) in [5, 5.41) is 7.95. The summed E-state index contributed by atoms with van der Waals surface area (Å²) in [4.78, 5) is 2.82. The second-order valence-corrected chi connectivity index (χ2v) is 18.5. The summed E-state index contributed by atoms with van der Waals surface area (Å²) < 4.78 is 5.14. The quantitative estimate of drug-likeness (QED) is 0.154. The molecule has 3 aromatic heterocycles. The van der Waals surface area contributed by atoms with Gasteiger partial charge in [0.2, 0.25) is 0 Å². The molecular formula is C52H42BN3. The molecule has 268 valence electrons. The topological polar surface area (TPSA) is 12.6 Å². The van der Waals surface area contributed by atoms with E-state index in [1.54, 1.807) is 0 Å². The van der Waals surface area contributed by atoms with Crippen LogP contribution in [-0.2, 0) is 10.8 Å². The average molecular weight is 720 g/mol. The first-order valence-corrected chi connectivity index (χ1v) is 20.4. The third-order valence-electron chi connectivity index (χ3n) is 14.4. The summed E-state index contributed by atoms with van der Waals surface area (Å²) in [6, 6.07) is 47.0. The number of rotatable bonds is 1. The molecule has 0 fully saturated rings. The molecule has 0 atom stereocenters. The lowest BCUT2D eigenvalue weighted by atomic mass is 9.43. The molecule has 7 aromatic carbocycles. The highest BCUT2D eigenvalue weighted by atomic mass is 15.1. The van der Waals surface area contributed by atoms with Crippen LogP contribution in [0.2, 0.25) is 0 Å². The molecule has 4 heteroatoms. The SMILES string of the molecule is Cc1cc2c3c(c1)-n1c4ccccc4c4cccc(c41)B3N(c1cc3c(cc1C)C(C)(C)CCC3(C)C)c1c-2cc2c3ccccc3n3c4ccccc4c1c23. The molecule has 0 bridgehead atoms. The Morgan fingerprint density at radius 1 is 0.536 bits per heavy atom. The van der Waals surface area contributed by atoms with Gasteiger partial charge < -0.3 is 13.8 Å². The van der Waals surface area contributed by atoms with Gasteiger partial charge in [0.1, 0.15) is 0 Å². The van der Waals surface area contributed by atoms with E-state index in [9.17, 15) is 0 Å². The Balaban J connectivity index is 1.28. The van der Waals surface area contributed by atoms with Gasteiger partial charge >= 0.3 is 6.85 Å². The van der Waals surface area contributed by atoms with Crippen LogP contribution in [0, 0.1) is 13.8 Å². The van der Waals surface area contributed by atoms with Gasteiger partial charge in [-0.2, -0.15) is 0 Å². The van der Waals surface area contributed by atoms with Crippen LogP contribution in [0.4, 0.5) is 11.4 Å². The maximum absolute atomic E-state index is 2.82. The van der Waals surface area contributed by atoms with E-state index in [0.717, 1.165) is 0 Å². The summed E-state index contributed by atoms with van der Waals surface area (Å²) >= 11 is 0. The number of fused-ring (bicyclic) bond motifs is 15. The van der Waals surface area contributed by atoms with Gasteiger partial charge in [-0.25, -0.2) is 0 Å². The standard InChI is InChI=1S/C52H42BN3/c1-29-24-35-37-27-36-32-15-8-11-20-42(32)54-43-21-12-9-16-34(43)46(49(36)54)50(37)56(44-28-39-38(26-30(44)2)51(3,4)22-23-52(39,5)6)53-40-18-13-17-33-31-14-7-10-19-41(31)55(48(33)40)45(25-29)47(35)53/h7-21,24-28H,22-23H2,1-6H3. The summed E-state index contributed by atoms with van der Waals surface area (Å²) in [7, 11) is 0. The van der Waals surface area contributed by atoms with Crippen LogP contribution in [0.3, 0.4) is 0 Å². The average Bonchev–Trinajstić information content (AvgIpc) is 3.84. The van der Waals surface area contributed by atoms with Crippen molar-refractivity contribution in [1.82, 2.24) is 8.97 Å². The summed E-state index contributed by atoms with van der Waals surface area (Å²) in [6.07, 6.45) is 2.38. The fourth-order valence-corrected chi connectivity index (χ4v) is 11.7. The van der Waals surface area contributed by atoms with E-state index in [0.29, 0.717) is 0 Å². The Morgan fingerprint density at radius 2 is 1.16 bits per heavy atom. The van der Waals surface area contributed by atoms with Crippen molar-refractivity contribution in [2.75, 3.05) is 4.81 Å². The van der Waals surface area contributed by atoms with Crippen molar-refractivity contribution in [2.24, 2.45) is 0 Å². The first-order valence-electron chi connectivity index (χ1n) is 20.4. The van der Waals surface area contributed by atoms with Gasteiger partial charge in [-0.15, -0.1) is 0 Å². The first kappa shape index (κ1) is 31.2.